The quantitative estimate of drug-likeness (QED) is 0.517. The molecule has 4 rings (SSSR count). The van der Waals surface area contributed by atoms with E-state index in [2.05, 4.69) is 40.5 Å². The Labute approximate surface area is 124 Å². The van der Waals surface area contributed by atoms with Gasteiger partial charge in [0.25, 0.3) is 0 Å². The molecule has 0 unspecified atom stereocenters. The monoisotopic (exact) mass is 302 g/mol. The predicted molar refractivity (Wildman–Crippen MR) is 74.2 cm³/mol. The Balaban J connectivity index is 1.55. The molecule has 3 aromatic heterocycles. The van der Waals surface area contributed by atoms with Gasteiger partial charge >= 0.3 is 0 Å². The van der Waals surface area contributed by atoms with Gasteiger partial charge in [-0.2, -0.15) is 5.21 Å². The van der Waals surface area contributed by atoms with Gasteiger partial charge < -0.3 is 15.4 Å². The van der Waals surface area contributed by atoms with E-state index >= 15 is 0 Å². The zero-order valence-electron chi connectivity index (χ0n) is 11.5. The largest absolute Gasteiger partial charge is 0.391 e. The smallest absolute Gasteiger partial charge is 0.181 e. The number of fused-ring (bicyclic) bond motifs is 1. The first-order valence-corrected chi connectivity index (χ1v) is 6.77. The van der Waals surface area contributed by atoms with E-state index in [4.69, 9.17) is 5.73 Å². The fraction of sp³-hybridized carbons (Fsp3) is 0.455. The minimum atomic E-state index is -0.535. The highest BCUT2D eigenvalue weighted by Crippen LogP contribution is 2.25. The van der Waals surface area contributed by atoms with Crippen molar-refractivity contribution >= 4 is 17.0 Å². The van der Waals surface area contributed by atoms with E-state index in [1.54, 1.807) is 6.33 Å². The van der Waals surface area contributed by atoms with Crippen molar-refractivity contribution in [2.75, 3.05) is 18.8 Å². The summed E-state index contributed by atoms with van der Waals surface area (Å²) < 4.78 is 1.87. The molecule has 1 aliphatic rings. The molecule has 0 bridgehead atoms. The van der Waals surface area contributed by atoms with Crippen LogP contribution in [-0.4, -0.2) is 69.3 Å². The molecule has 4 N–H and O–H groups in total. The molecule has 0 spiro atoms. The third-order valence-electron chi connectivity index (χ3n) is 3.84. The highest BCUT2D eigenvalue weighted by molar-refractivity contribution is 5.80. The maximum Gasteiger partial charge on any atom is 0.181 e. The second-order valence-electron chi connectivity index (χ2n) is 5.27. The molecule has 114 valence electrons. The number of H-pyrrole nitrogens is 1. The number of imidazole rings is 1. The molecule has 1 fully saturated rings. The minimum absolute atomic E-state index is 0.159. The van der Waals surface area contributed by atoms with Gasteiger partial charge in [-0.15, -0.1) is 10.2 Å². The highest BCUT2D eigenvalue weighted by atomic mass is 16.3. The van der Waals surface area contributed by atoms with Gasteiger partial charge in [0, 0.05) is 13.1 Å². The van der Waals surface area contributed by atoms with Crippen LogP contribution in [0, 0.1) is 0 Å². The molecule has 2 atom stereocenters. The number of hydrogen-bond acceptors (Lipinski definition) is 9. The second kappa shape index (κ2) is 4.96. The number of aromatic nitrogens is 8. The number of nitrogens with one attached hydrogen (secondary N) is 1. The molecular weight excluding hydrogens is 288 g/mol. The molecule has 4 heterocycles. The number of β-amino-alcohol motifs (C(OH)–C–C–N with tert-alkyl or cyclic N) is 1. The van der Waals surface area contributed by atoms with Gasteiger partial charge in [0.2, 0.25) is 0 Å². The van der Waals surface area contributed by atoms with Crippen LogP contribution in [0.3, 0.4) is 0 Å². The van der Waals surface area contributed by atoms with Crippen molar-refractivity contribution < 1.29 is 5.11 Å². The van der Waals surface area contributed by atoms with Crippen LogP contribution in [0.1, 0.15) is 11.7 Å². The number of anilines is 1. The Hall–Kier alpha value is -2.66. The molecule has 1 saturated heterocycles. The molecule has 0 aliphatic carbocycles. The molecule has 0 aromatic carbocycles. The fourth-order valence-corrected chi connectivity index (χ4v) is 2.78. The number of tetrazole rings is 1. The lowest BCUT2D eigenvalue weighted by atomic mass is 10.1. The number of nitrogens with zero attached hydrogens (tertiary/aromatic N) is 8. The van der Waals surface area contributed by atoms with E-state index in [9.17, 15) is 5.11 Å². The second-order valence-corrected chi connectivity index (χ2v) is 5.27. The number of nitrogens with two attached hydrogens (primary N) is 1. The summed E-state index contributed by atoms with van der Waals surface area (Å²) in [7, 11) is 0. The number of nitrogen functional groups attached to an aromatic ring is 1. The average Bonchev–Trinajstić information content (AvgIpc) is 3.20. The average molecular weight is 302 g/mol. The van der Waals surface area contributed by atoms with Crippen LogP contribution in [0.15, 0.2) is 12.7 Å². The summed E-state index contributed by atoms with van der Waals surface area (Å²) in [5.41, 5.74) is 7.03. The zero-order chi connectivity index (χ0) is 15.1. The van der Waals surface area contributed by atoms with Crippen molar-refractivity contribution in [1.82, 2.24) is 45.0 Å². The van der Waals surface area contributed by atoms with Crippen LogP contribution >= 0.6 is 0 Å². The summed E-state index contributed by atoms with van der Waals surface area (Å²) in [6.45, 7) is 1.68. The normalized spacial score (nSPS) is 22.6. The molecular formula is C11H14N10O. The first-order chi connectivity index (χ1) is 10.7. The summed E-state index contributed by atoms with van der Waals surface area (Å²) >= 11 is 0. The molecule has 3 aromatic rings. The van der Waals surface area contributed by atoms with Crippen LogP contribution in [0.5, 0.6) is 0 Å². The van der Waals surface area contributed by atoms with Gasteiger partial charge in [-0.25, -0.2) is 15.0 Å². The third-order valence-corrected chi connectivity index (χ3v) is 3.84. The van der Waals surface area contributed by atoms with Crippen LogP contribution in [0.2, 0.25) is 0 Å². The summed E-state index contributed by atoms with van der Waals surface area (Å²) in [6.07, 6.45) is 2.55. The van der Waals surface area contributed by atoms with E-state index in [1.165, 1.54) is 6.33 Å². The van der Waals surface area contributed by atoms with E-state index < -0.39 is 6.10 Å². The summed E-state index contributed by atoms with van der Waals surface area (Å²) in [5, 5.41) is 24.0. The molecule has 11 heteroatoms. The number of likely N-dealkylation sites (tertiary alicyclic amines) is 1. The summed E-state index contributed by atoms with van der Waals surface area (Å²) in [4.78, 5) is 14.4. The standard InChI is InChI=1S/C11H14N10O/c12-9-8-11(14-3-13-9)21(4-15-8)5-20-1-6(7(22)2-20)10-16-18-19-17-10/h3-4,6-7,22H,1-2,5H2,(H2,12,13,14)(H,16,17,18,19)/t6-,7-/m0/s1. The van der Waals surface area contributed by atoms with Crippen molar-refractivity contribution in [1.29, 1.82) is 0 Å². The maximum absolute atomic E-state index is 10.2. The van der Waals surface area contributed by atoms with E-state index in [0.717, 1.165) is 0 Å². The van der Waals surface area contributed by atoms with Gasteiger partial charge in [-0.1, -0.05) is 5.21 Å². The van der Waals surface area contributed by atoms with Crippen LogP contribution in [0.4, 0.5) is 5.82 Å². The van der Waals surface area contributed by atoms with E-state index in [1.807, 2.05) is 4.57 Å². The molecule has 0 amide bonds. The lowest BCUT2D eigenvalue weighted by Gasteiger charge is -2.15. The minimum Gasteiger partial charge on any atom is -0.391 e. The first-order valence-electron chi connectivity index (χ1n) is 6.77. The lowest BCUT2D eigenvalue weighted by Crippen LogP contribution is -2.24. The topological polar surface area (TPSA) is 148 Å². The first kappa shape index (κ1) is 13.0. The van der Waals surface area contributed by atoms with Crippen molar-refractivity contribution in [3.8, 4) is 0 Å². The number of aliphatic hydroxyl groups excluding tert-OH is 1. The van der Waals surface area contributed by atoms with Crippen LogP contribution in [-0.2, 0) is 6.67 Å². The van der Waals surface area contributed by atoms with Crippen molar-refractivity contribution in [2.45, 2.75) is 18.7 Å². The van der Waals surface area contributed by atoms with Crippen molar-refractivity contribution in [3.05, 3.63) is 18.5 Å². The molecule has 0 saturated carbocycles. The van der Waals surface area contributed by atoms with Crippen LogP contribution < -0.4 is 5.73 Å². The van der Waals surface area contributed by atoms with Crippen molar-refractivity contribution in [3.63, 3.8) is 0 Å². The predicted octanol–water partition coefficient (Wildman–Crippen LogP) is -1.66. The highest BCUT2D eigenvalue weighted by Gasteiger charge is 2.35. The van der Waals surface area contributed by atoms with Gasteiger partial charge in [0.05, 0.1) is 25.0 Å². The SMILES string of the molecule is Nc1ncnc2c1ncn2CN1C[C@H](c2nn[nH]n2)[C@@H](O)C1. The van der Waals surface area contributed by atoms with E-state index in [0.29, 0.717) is 42.6 Å². The summed E-state index contributed by atoms with van der Waals surface area (Å²) in [6, 6.07) is 0. The Kier molecular flexibility index (Phi) is 2.94. The molecule has 11 nitrogen and oxygen atoms in total. The number of aromatic amines is 1. The Morgan fingerprint density at radius 3 is 3.05 bits per heavy atom. The Morgan fingerprint density at radius 1 is 1.32 bits per heavy atom. The fourth-order valence-electron chi connectivity index (χ4n) is 2.78. The maximum atomic E-state index is 10.2. The molecule has 1 aliphatic heterocycles. The van der Waals surface area contributed by atoms with E-state index in [-0.39, 0.29) is 5.92 Å². The zero-order valence-corrected chi connectivity index (χ0v) is 11.5. The third kappa shape index (κ3) is 2.07. The summed E-state index contributed by atoms with van der Waals surface area (Å²) in [5.74, 6) is 0.722. The molecule has 0 radical (unpaired) electrons. The Bertz CT molecular complexity index is 783. The van der Waals surface area contributed by atoms with Gasteiger partial charge in [0.15, 0.2) is 17.3 Å². The van der Waals surface area contributed by atoms with Gasteiger partial charge in [-0.3, -0.25) is 4.90 Å². The van der Waals surface area contributed by atoms with Crippen molar-refractivity contribution in [2.24, 2.45) is 0 Å². The lowest BCUT2D eigenvalue weighted by molar-refractivity contribution is 0.155. The molecule has 22 heavy (non-hydrogen) atoms. The number of rotatable bonds is 3. The van der Waals surface area contributed by atoms with Gasteiger partial charge in [-0.05, 0) is 0 Å². The Morgan fingerprint density at radius 2 is 2.23 bits per heavy atom. The van der Waals surface area contributed by atoms with Gasteiger partial charge in [0.1, 0.15) is 11.8 Å². The van der Waals surface area contributed by atoms with Crippen LogP contribution in [0.25, 0.3) is 11.2 Å². The number of hydrogen-bond donors (Lipinski definition) is 3. The number of aliphatic hydroxyl groups is 1.